The van der Waals surface area contributed by atoms with Gasteiger partial charge in [-0.1, -0.05) is 0 Å². The topological polar surface area (TPSA) is 52.3 Å². The van der Waals surface area contributed by atoms with Gasteiger partial charge in [0.25, 0.3) is 0 Å². The van der Waals surface area contributed by atoms with Crippen LogP contribution in [-0.4, -0.2) is 13.1 Å². The lowest BCUT2D eigenvalue weighted by molar-refractivity contribution is 0.0588. The van der Waals surface area contributed by atoms with Crippen LogP contribution in [0.4, 0.5) is 18.9 Å². The molecular weight excluding hydrogens is 199 g/mol. The van der Waals surface area contributed by atoms with Gasteiger partial charge in [-0.15, -0.1) is 0 Å². The maximum atomic E-state index is 13.0. The highest BCUT2D eigenvalue weighted by Gasteiger charge is 2.23. The number of halogens is 3. The molecule has 3 nitrogen and oxygen atoms in total. The van der Waals surface area contributed by atoms with Crippen LogP contribution in [0.1, 0.15) is 10.4 Å². The van der Waals surface area contributed by atoms with E-state index in [1.54, 1.807) is 0 Å². The monoisotopic (exact) mass is 205 g/mol. The van der Waals surface area contributed by atoms with Gasteiger partial charge in [0, 0.05) is 6.07 Å². The average molecular weight is 205 g/mol. The molecule has 0 saturated carbocycles. The van der Waals surface area contributed by atoms with Gasteiger partial charge >= 0.3 is 5.97 Å². The summed E-state index contributed by atoms with van der Waals surface area (Å²) in [4.78, 5) is 10.8. The van der Waals surface area contributed by atoms with E-state index < -0.39 is 34.7 Å². The van der Waals surface area contributed by atoms with Gasteiger partial charge in [0.1, 0.15) is 5.56 Å². The average Bonchev–Trinajstić information content (AvgIpc) is 2.15. The molecule has 1 aromatic rings. The third-order valence-corrected chi connectivity index (χ3v) is 1.57. The maximum Gasteiger partial charge on any atom is 0.344 e. The molecule has 0 spiro atoms. The Balaban J connectivity index is 3.47. The van der Waals surface area contributed by atoms with Crippen LogP contribution in [0.5, 0.6) is 0 Å². The molecule has 0 aromatic heterocycles. The second-order valence-corrected chi connectivity index (χ2v) is 2.44. The van der Waals surface area contributed by atoms with E-state index >= 15 is 0 Å². The number of hydrogen-bond donors (Lipinski definition) is 1. The quantitative estimate of drug-likeness (QED) is 0.429. The molecule has 6 heteroatoms. The Bertz CT molecular complexity index is 366. The Kier molecular flexibility index (Phi) is 2.64. The second kappa shape index (κ2) is 3.57. The molecule has 0 aliphatic carbocycles. The number of anilines is 1. The van der Waals surface area contributed by atoms with Gasteiger partial charge < -0.3 is 10.5 Å². The molecule has 1 rings (SSSR count). The minimum absolute atomic E-state index is 0.455. The number of benzene rings is 1. The minimum Gasteiger partial charge on any atom is -0.465 e. The summed E-state index contributed by atoms with van der Waals surface area (Å²) in [6.07, 6.45) is 0. The van der Waals surface area contributed by atoms with E-state index in [1.165, 1.54) is 0 Å². The number of ether oxygens (including phenoxy) is 1. The molecular formula is C8H6F3NO2. The number of hydrogen-bond acceptors (Lipinski definition) is 3. The van der Waals surface area contributed by atoms with E-state index in [4.69, 9.17) is 5.73 Å². The Morgan fingerprint density at radius 3 is 2.43 bits per heavy atom. The highest BCUT2D eigenvalue weighted by Crippen LogP contribution is 2.22. The molecule has 76 valence electrons. The first-order valence-electron chi connectivity index (χ1n) is 3.50. The van der Waals surface area contributed by atoms with Crippen molar-refractivity contribution >= 4 is 11.7 Å². The van der Waals surface area contributed by atoms with Gasteiger partial charge in [0.2, 0.25) is 0 Å². The van der Waals surface area contributed by atoms with Crippen LogP contribution < -0.4 is 5.73 Å². The molecule has 0 unspecified atom stereocenters. The standard InChI is InChI=1S/C8H6F3NO2/c1-14-8(13)5-6(10)3(9)2-4(12)7(5)11/h2H,12H2,1H3. The summed E-state index contributed by atoms with van der Waals surface area (Å²) < 4.78 is 42.7. The molecule has 0 bridgehead atoms. The molecule has 0 radical (unpaired) electrons. The van der Waals surface area contributed by atoms with Gasteiger partial charge in [-0.25, -0.2) is 18.0 Å². The molecule has 0 aliphatic heterocycles. The lowest BCUT2D eigenvalue weighted by Gasteiger charge is -2.05. The normalized spacial score (nSPS) is 10.0. The van der Waals surface area contributed by atoms with Gasteiger partial charge in [-0.05, 0) is 0 Å². The van der Waals surface area contributed by atoms with Crippen molar-refractivity contribution in [1.29, 1.82) is 0 Å². The molecule has 0 heterocycles. The zero-order valence-corrected chi connectivity index (χ0v) is 7.11. The summed E-state index contributed by atoms with van der Waals surface area (Å²) in [7, 11) is 0.919. The molecule has 0 atom stereocenters. The smallest absolute Gasteiger partial charge is 0.344 e. The Morgan fingerprint density at radius 2 is 1.93 bits per heavy atom. The van der Waals surface area contributed by atoms with Crippen LogP contribution in [0.2, 0.25) is 0 Å². The van der Waals surface area contributed by atoms with E-state index in [0.29, 0.717) is 6.07 Å². The van der Waals surface area contributed by atoms with Crippen molar-refractivity contribution in [2.45, 2.75) is 0 Å². The van der Waals surface area contributed by atoms with E-state index in [2.05, 4.69) is 4.74 Å². The summed E-state index contributed by atoms with van der Waals surface area (Å²) in [6, 6.07) is 0.455. The molecule has 0 amide bonds. The van der Waals surface area contributed by atoms with Crippen LogP contribution in [0.3, 0.4) is 0 Å². The molecule has 0 saturated heterocycles. The maximum absolute atomic E-state index is 13.0. The van der Waals surface area contributed by atoms with E-state index in [1.807, 2.05) is 0 Å². The van der Waals surface area contributed by atoms with Gasteiger partial charge in [0.05, 0.1) is 12.8 Å². The van der Waals surface area contributed by atoms with Crippen molar-refractivity contribution in [3.05, 3.63) is 29.1 Å². The summed E-state index contributed by atoms with van der Waals surface area (Å²) >= 11 is 0. The number of nitrogen functional groups attached to an aromatic ring is 1. The largest absolute Gasteiger partial charge is 0.465 e. The number of esters is 1. The Labute approximate surface area is 77.3 Å². The first-order chi connectivity index (χ1) is 6.49. The molecule has 2 N–H and O–H groups in total. The second-order valence-electron chi connectivity index (χ2n) is 2.44. The van der Waals surface area contributed by atoms with Crippen molar-refractivity contribution < 1.29 is 22.7 Å². The fraction of sp³-hybridized carbons (Fsp3) is 0.125. The highest BCUT2D eigenvalue weighted by molar-refractivity contribution is 5.91. The van der Waals surface area contributed by atoms with Crippen LogP contribution >= 0.6 is 0 Å². The lowest BCUT2D eigenvalue weighted by atomic mass is 10.1. The third-order valence-electron chi connectivity index (χ3n) is 1.57. The summed E-state index contributed by atoms with van der Waals surface area (Å²) in [5.74, 6) is -5.64. The van der Waals surface area contributed by atoms with Crippen molar-refractivity contribution in [2.75, 3.05) is 12.8 Å². The van der Waals surface area contributed by atoms with Gasteiger partial charge in [-0.2, -0.15) is 0 Å². The van der Waals surface area contributed by atoms with E-state index in [0.717, 1.165) is 7.11 Å². The lowest BCUT2D eigenvalue weighted by Crippen LogP contribution is -2.11. The Morgan fingerprint density at radius 1 is 1.36 bits per heavy atom. The summed E-state index contributed by atoms with van der Waals surface area (Å²) in [5.41, 5.74) is 3.22. The van der Waals surface area contributed by atoms with Crippen LogP contribution in [0.15, 0.2) is 6.07 Å². The summed E-state index contributed by atoms with van der Waals surface area (Å²) in [5, 5.41) is 0. The van der Waals surface area contributed by atoms with E-state index in [-0.39, 0.29) is 0 Å². The van der Waals surface area contributed by atoms with Crippen molar-refractivity contribution in [3.8, 4) is 0 Å². The van der Waals surface area contributed by atoms with Crippen molar-refractivity contribution in [2.24, 2.45) is 0 Å². The predicted octanol–water partition coefficient (Wildman–Crippen LogP) is 1.47. The minimum atomic E-state index is -1.61. The van der Waals surface area contributed by atoms with E-state index in [9.17, 15) is 18.0 Å². The van der Waals surface area contributed by atoms with Crippen LogP contribution in [0.25, 0.3) is 0 Å². The predicted molar refractivity (Wildman–Crippen MR) is 42.1 cm³/mol. The molecule has 0 fully saturated rings. The first kappa shape index (κ1) is 10.4. The third kappa shape index (κ3) is 1.50. The fourth-order valence-corrected chi connectivity index (χ4v) is 0.905. The van der Waals surface area contributed by atoms with Crippen LogP contribution in [-0.2, 0) is 4.74 Å². The SMILES string of the molecule is COC(=O)c1c(F)c(N)cc(F)c1F. The summed E-state index contributed by atoms with van der Waals surface area (Å²) in [6.45, 7) is 0. The number of nitrogens with two attached hydrogens (primary N) is 1. The van der Waals surface area contributed by atoms with Gasteiger partial charge in [0.15, 0.2) is 17.5 Å². The van der Waals surface area contributed by atoms with Crippen LogP contribution in [0, 0.1) is 17.5 Å². The Hall–Kier alpha value is -1.72. The molecule has 0 aliphatic rings. The number of carbonyl (C=O) groups is 1. The fourth-order valence-electron chi connectivity index (χ4n) is 0.905. The highest BCUT2D eigenvalue weighted by atomic mass is 19.2. The van der Waals surface area contributed by atoms with Crippen molar-refractivity contribution in [3.63, 3.8) is 0 Å². The van der Waals surface area contributed by atoms with Crippen molar-refractivity contribution in [1.82, 2.24) is 0 Å². The first-order valence-corrected chi connectivity index (χ1v) is 3.50. The number of carbonyl (C=O) groups excluding carboxylic acids is 1. The molecule has 1 aromatic carbocycles. The zero-order valence-electron chi connectivity index (χ0n) is 7.11. The number of rotatable bonds is 1. The zero-order chi connectivity index (χ0) is 10.9. The number of methoxy groups -OCH3 is 1. The van der Waals surface area contributed by atoms with Gasteiger partial charge in [-0.3, -0.25) is 0 Å². The molecule has 14 heavy (non-hydrogen) atoms.